The Bertz CT molecular complexity index is 257. The van der Waals surface area contributed by atoms with Gasteiger partial charge in [0.2, 0.25) is 0 Å². The van der Waals surface area contributed by atoms with Gasteiger partial charge in [-0.1, -0.05) is 0 Å². The van der Waals surface area contributed by atoms with Crippen molar-refractivity contribution in [3.05, 3.63) is 16.0 Å². The highest BCUT2D eigenvalue weighted by atomic mass is 127. The van der Waals surface area contributed by atoms with Gasteiger partial charge < -0.3 is 4.74 Å². The quantitative estimate of drug-likeness (QED) is 0.791. The van der Waals surface area contributed by atoms with E-state index >= 15 is 0 Å². The van der Waals surface area contributed by atoms with Gasteiger partial charge in [0.15, 0.2) is 0 Å². The van der Waals surface area contributed by atoms with E-state index in [9.17, 15) is 0 Å². The molecule has 1 saturated carbocycles. The summed E-state index contributed by atoms with van der Waals surface area (Å²) in [7, 11) is 0. The molecule has 0 atom stereocenters. The second-order valence-corrected chi connectivity index (χ2v) is 4.29. The predicted molar refractivity (Wildman–Crippen MR) is 53.7 cm³/mol. The van der Waals surface area contributed by atoms with Gasteiger partial charge in [-0.25, -0.2) is 4.68 Å². The van der Waals surface area contributed by atoms with Crippen LogP contribution < -0.4 is 0 Å². The number of hydrogen-bond donors (Lipinski definition) is 0. The molecule has 0 amide bonds. The van der Waals surface area contributed by atoms with Crippen LogP contribution in [0.5, 0.6) is 0 Å². The van der Waals surface area contributed by atoms with Gasteiger partial charge in [-0.05, 0) is 41.9 Å². The molecule has 2 rings (SSSR count). The van der Waals surface area contributed by atoms with E-state index in [1.807, 2.05) is 17.1 Å². The van der Waals surface area contributed by atoms with Crippen LogP contribution in [0.15, 0.2) is 12.4 Å². The van der Waals surface area contributed by atoms with Crippen molar-refractivity contribution >= 4 is 22.6 Å². The van der Waals surface area contributed by atoms with Crippen LogP contribution in [0.2, 0.25) is 0 Å². The number of nitrogens with zero attached hydrogens (tertiary/aromatic N) is 2. The van der Waals surface area contributed by atoms with Crippen LogP contribution in [-0.4, -0.2) is 15.9 Å². The van der Waals surface area contributed by atoms with E-state index in [2.05, 4.69) is 27.7 Å². The maximum Gasteiger partial charge on any atom is 0.139 e. The van der Waals surface area contributed by atoms with Crippen molar-refractivity contribution in [1.29, 1.82) is 0 Å². The fourth-order valence-electron chi connectivity index (χ4n) is 1.13. The molecule has 0 bridgehead atoms. The fourth-order valence-corrected chi connectivity index (χ4v) is 1.57. The zero-order valence-electron chi connectivity index (χ0n) is 6.74. The van der Waals surface area contributed by atoms with Crippen molar-refractivity contribution < 1.29 is 4.74 Å². The van der Waals surface area contributed by atoms with Gasteiger partial charge in [0.25, 0.3) is 0 Å². The molecule has 12 heavy (non-hydrogen) atoms. The zero-order valence-corrected chi connectivity index (χ0v) is 8.90. The lowest BCUT2D eigenvalue weighted by Crippen LogP contribution is -2.22. The first-order valence-electron chi connectivity index (χ1n) is 4.14. The summed E-state index contributed by atoms with van der Waals surface area (Å²) < 4.78 is 8.57. The Morgan fingerprint density at radius 1 is 1.67 bits per heavy atom. The van der Waals surface area contributed by atoms with Gasteiger partial charge in [0, 0.05) is 6.20 Å². The molecular weight excluding hydrogens is 267 g/mol. The number of rotatable bonds is 3. The van der Waals surface area contributed by atoms with Gasteiger partial charge in [-0.15, -0.1) is 0 Å². The van der Waals surface area contributed by atoms with Crippen molar-refractivity contribution in [3.8, 4) is 0 Å². The van der Waals surface area contributed by atoms with Gasteiger partial charge in [-0.2, -0.15) is 5.10 Å². The summed E-state index contributed by atoms with van der Waals surface area (Å²) in [5.74, 6) is 0. The Balaban J connectivity index is 1.79. The summed E-state index contributed by atoms with van der Waals surface area (Å²) in [5, 5.41) is 4.13. The molecule has 66 valence electrons. The Labute approximate surface area is 85.2 Å². The van der Waals surface area contributed by atoms with Crippen molar-refractivity contribution in [2.45, 2.75) is 32.1 Å². The molecule has 0 radical (unpaired) electrons. The number of hydrogen-bond acceptors (Lipinski definition) is 2. The Morgan fingerprint density at radius 3 is 3.00 bits per heavy atom. The highest BCUT2D eigenvalue weighted by Gasteiger charge is 2.17. The van der Waals surface area contributed by atoms with Gasteiger partial charge in [-0.3, -0.25) is 0 Å². The molecule has 0 aliphatic heterocycles. The lowest BCUT2D eigenvalue weighted by Gasteiger charge is -2.25. The lowest BCUT2D eigenvalue weighted by atomic mass is 9.96. The molecule has 3 nitrogen and oxygen atoms in total. The first-order chi connectivity index (χ1) is 5.84. The van der Waals surface area contributed by atoms with E-state index in [0.29, 0.717) is 12.8 Å². The summed E-state index contributed by atoms with van der Waals surface area (Å²) in [6.07, 6.45) is 8.08. The van der Waals surface area contributed by atoms with Gasteiger partial charge >= 0.3 is 0 Å². The van der Waals surface area contributed by atoms with E-state index in [4.69, 9.17) is 4.74 Å². The molecule has 0 N–H and O–H groups in total. The molecule has 1 aliphatic rings. The highest BCUT2D eigenvalue weighted by molar-refractivity contribution is 14.1. The minimum atomic E-state index is 0.492. The Kier molecular flexibility index (Phi) is 2.65. The van der Waals surface area contributed by atoms with Crippen molar-refractivity contribution in [2.75, 3.05) is 0 Å². The van der Waals surface area contributed by atoms with E-state index in [1.54, 1.807) is 0 Å². The first-order valence-corrected chi connectivity index (χ1v) is 5.22. The van der Waals surface area contributed by atoms with Crippen molar-refractivity contribution in [3.63, 3.8) is 0 Å². The second kappa shape index (κ2) is 3.74. The van der Waals surface area contributed by atoms with Crippen LogP contribution in [0.25, 0.3) is 0 Å². The Hall–Kier alpha value is -0.100. The molecule has 4 heteroatoms. The van der Waals surface area contributed by atoms with Crippen LogP contribution in [0, 0.1) is 3.57 Å². The van der Waals surface area contributed by atoms with Gasteiger partial charge in [0.05, 0.1) is 15.9 Å². The molecule has 1 aromatic rings. The van der Waals surface area contributed by atoms with E-state index in [1.165, 1.54) is 19.3 Å². The number of halogens is 1. The summed E-state index contributed by atoms with van der Waals surface area (Å²) in [6, 6.07) is 0. The molecule has 1 aliphatic carbocycles. The third kappa shape index (κ3) is 1.98. The summed E-state index contributed by atoms with van der Waals surface area (Å²) in [4.78, 5) is 0. The largest absolute Gasteiger partial charge is 0.356 e. The highest BCUT2D eigenvalue weighted by Crippen LogP contribution is 2.22. The molecule has 0 aromatic carbocycles. The van der Waals surface area contributed by atoms with E-state index < -0.39 is 0 Å². The van der Waals surface area contributed by atoms with Crippen molar-refractivity contribution in [2.24, 2.45) is 0 Å². The van der Waals surface area contributed by atoms with E-state index in [0.717, 1.165) is 3.57 Å². The smallest absolute Gasteiger partial charge is 0.139 e. The monoisotopic (exact) mass is 278 g/mol. The number of ether oxygens (including phenoxy) is 1. The SMILES string of the molecule is Ic1cnn(COC2CCC2)c1. The zero-order chi connectivity index (χ0) is 8.39. The molecule has 1 heterocycles. The topological polar surface area (TPSA) is 27.1 Å². The lowest BCUT2D eigenvalue weighted by molar-refractivity contribution is -0.0399. The van der Waals surface area contributed by atoms with E-state index in [-0.39, 0.29) is 0 Å². The third-order valence-electron chi connectivity index (χ3n) is 2.10. The predicted octanol–water partition coefficient (Wildman–Crippen LogP) is 2.01. The van der Waals surface area contributed by atoms with Crippen LogP contribution in [0.4, 0.5) is 0 Å². The average molecular weight is 278 g/mol. The molecule has 1 fully saturated rings. The fraction of sp³-hybridized carbons (Fsp3) is 0.625. The normalized spacial score (nSPS) is 17.8. The third-order valence-corrected chi connectivity index (χ3v) is 2.65. The first kappa shape index (κ1) is 8.50. The molecule has 1 aromatic heterocycles. The minimum Gasteiger partial charge on any atom is -0.356 e. The molecule has 0 saturated heterocycles. The number of aromatic nitrogens is 2. The molecule has 0 spiro atoms. The molecular formula is C8H11IN2O. The second-order valence-electron chi connectivity index (χ2n) is 3.05. The van der Waals surface area contributed by atoms with Crippen LogP contribution in [0.1, 0.15) is 19.3 Å². The maximum absolute atomic E-state index is 5.57. The summed E-state index contributed by atoms with van der Waals surface area (Å²) in [5.41, 5.74) is 0. The average Bonchev–Trinajstić information content (AvgIpc) is 2.32. The standard InChI is InChI=1S/C8H11IN2O/c9-7-4-10-11(5-7)6-12-8-2-1-3-8/h4-5,8H,1-3,6H2. The van der Waals surface area contributed by atoms with Crippen LogP contribution >= 0.6 is 22.6 Å². The van der Waals surface area contributed by atoms with Gasteiger partial charge in [0.1, 0.15) is 6.73 Å². The molecule has 0 unspecified atom stereocenters. The van der Waals surface area contributed by atoms with Crippen molar-refractivity contribution in [1.82, 2.24) is 9.78 Å². The summed E-state index contributed by atoms with van der Waals surface area (Å²) in [6.45, 7) is 0.605. The van der Waals surface area contributed by atoms with Crippen LogP contribution in [-0.2, 0) is 11.5 Å². The minimum absolute atomic E-state index is 0.492. The van der Waals surface area contributed by atoms with Crippen LogP contribution in [0.3, 0.4) is 0 Å². The summed E-state index contributed by atoms with van der Waals surface area (Å²) >= 11 is 2.24. The maximum atomic E-state index is 5.57. The Morgan fingerprint density at radius 2 is 2.50 bits per heavy atom.